The first-order valence-corrected chi connectivity index (χ1v) is 21.1. The van der Waals surface area contributed by atoms with Crippen LogP contribution in [0.4, 0.5) is 0 Å². The molecule has 0 saturated carbocycles. The van der Waals surface area contributed by atoms with E-state index in [2.05, 4.69) is 140 Å². The van der Waals surface area contributed by atoms with Crippen LogP contribution in [-0.4, -0.2) is 24.9 Å². The molecule has 0 aliphatic rings. The van der Waals surface area contributed by atoms with Gasteiger partial charge in [-0.3, -0.25) is 0 Å². The average Bonchev–Trinajstić information content (AvgIpc) is 3.97. The molecule has 5 heterocycles. The predicted molar refractivity (Wildman–Crippen MR) is 241 cm³/mol. The molecule has 0 spiro atoms. The predicted octanol–water partition coefficient (Wildman–Crippen LogP) is 14.1. The molecular weight excluding hydrogens is 755 g/mol. The Morgan fingerprint density at radius 2 is 0.842 bits per heavy atom. The summed E-state index contributed by atoms with van der Waals surface area (Å²) in [5.41, 5.74) is 6.94. The normalized spacial score (nSPS) is 11.9. The van der Waals surface area contributed by atoms with E-state index in [-0.39, 0.29) is 0 Å². The van der Waals surface area contributed by atoms with Gasteiger partial charge < -0.3 is 0 Å². The summed E-state index contributed by atoms with van der Waals surface area (Å²) in [7, 11) is 0. The monoisotopic (exact) mass is 781 g/mol. The van der Waals surface area contributed by atoms with Gasteiger partial charge in [-0.1, -0.05) is 133 Å². The number of hydrogen-bond acceptors (Lipinski definition) is 8. The molecule has 8 heteroatoms. The van der Waals surface area contributed by atoms with Gasteiger partial charge in [-0.25, -0.2) is 24.9 Å². The summed E-state index contributed by atoms with van der Waals surface area (Å²) in [5, 5.41) is 5.85. The molecule has 0 amide bonds. The van der Waals surface area contributed by atoms with E-state index in [1.807, 2.05) is 24.3 Å². The number of fused-ring (bicyclic) bond motifs is 9. The van der Waals surface area contributed by atoms with Gasteiger partial charge in [-0.2, -0.15) is 0 Å². The standard InChI is InChI=1S/C49H27N5S3/c1-3-13-28(14-4-1)43-45-44(33-18-8-10-22-37(33)57-45)51-48(50-43)34-19-11-24-39-42(34)32-26-25-30(27-40(32)56-39)47-52-46(29-15-5-2-6-16-29)53-49(54-47)35-20-12-23-38-41(35)31-17-7-9-21-36(31)55-38/h1-27H. The summed E-state index contributed by atoms with van der Waals surface area (Å²) < 4.78 is 7.10. The molecular formula is C49H27N5S3. The minimum Gasteiger partial charge on any atom is -0.226 e. The van der Waals surface area contributed by atoms with Crippen molar-refractivity contribution in [3.63, 3.8) is 0 Å². The molecule has 0 saturated heterocycles. The van der Waals surface area contributed by atoms with E-state index in [9.17, 15) is 0 Å². The maximum atomic E-state index is 5.33. The van der Waals surface area contributed by atoms with Crippen molar-refractivity contribution in [3.05, 3.63) is 164 Å². The third-order valence-corrected chi connectivity index (χ3v) is 14.0. The van der Waals surface area contributed by atoms with Crippen molar-refractivity contribution in [1.82, 2.24) is 24.9 Å². The van der Waals surface area contributed by atoms with Crippen LogP contribution in [0.15, 0.2) is 164 Å². The van der Waals surface area contributed by atoms with E-state index in [0.717, 1.165) is 70.4 Å². The number of hydrogen-bond donors (Lipinski definition) is 0. The van der Waals surface area contributed by atoms with Crippen molar-refractivity contribution in [3.8, 4) is 56.8 Å². The van der Waals surface area contributed by atoms with Crippen LogP contribution >= 0.6 is 34.0 Å². The molecule has 0 radical (unpaired) electrons. The summed E-state index contributed by atoms with van der Waals surface area (Å²) in [6.45, 7) is 0. The Hall–Kier alpha value is -6.71. The molecule has 5 nitrogen and oxygen atoms in total. The van der Waals surface area contributed by atoms with Gasteiger partial charge in [0.1, 0.15) is 0 Å². The van der Waals surface area contributed by atoms with E-state index in [0.29, 0.717) is 17.5 Å². The highest BCUT2D eigenvalue weighted by Gasteiger charge is 2.21. The van der Waals surface area contributed by atoms with Crippen molar-refractivity contribution in [2.45, 2.75) is 0 Å². The van der Waals surface area contributed by atoms with Crippen molar-refractivity contribution < 1.29 is 0 Å². The fraction of sp³-hybridized carbons (Fsp3) is 0. The number of thiophene rings is 3. The second-order valence-electron chi connectivity index (χ2n) is 14.0. The van der Waals surface area contributed by atoms with Crippen LogP contribution in [0.3, 0.4) is 0 Å². The second-order valence-corrected chi connectivity index (χ2v) is 17.2. The Bertz CT molecular complexity index is 3530. The molecule has 0 bridgehead atoms. The zero-order valence-corrected chi connectivity index (χ0v) is 32.5. The molecule has 0 aliphatic heterocycles. The molecule has 57 heavy (non-hydrogen) atoms. The molecule has 0 N–H and O–H groups in total. The van der Waals surface area contributed by atoms with E-state index in [4.69, 9.17) is 24.9 Å². The zero-order chi connectivity index (χ0) is 37.5. The molecule has 0 fully saturated rings. The number of aromatic nitrogens is 5. The molecule has 12 rings (SSSR count). The number of nitrogens with zero attached hydrogens (tertiary/aromatic N) is 5. The van der Waals surface area contributed by atoms with Crippen LogP contribution in [0.25, 0.3) is 117 Å². The third kappa shape index (κ3) is 5.29. The van der Waals surface area contributed by atoms with Gasteiger partial charge in [0.25, 0.3) is 0 Å². The summed E-state index contributed by atoms with van der Waals surface area (Å²) in [6.07, 6.45) is 0. The lowest BCUT2D eigenvalue weighted by Gasteiger charge is -2.10. The van der Waals surface area contributed by atoms with Gasteiger partial charge in [-0.15, -0.1) is 34.0 Å². The number of benzene rings is 7. The lowest BCUT2D eigenvalue weighted by atomic mass is 10.0. The summed E-state index contributed by atoms with van der Waals surface area (Å²) in [4.78, 5) is 26.1. The zero-order valence-electron chi connectivity index (χ0n) is 30.0. The Labute approximate surface area is 338 Å². The second kappa shape index (κ2) is 12.9. The molecule has 0 atom stereocenters. The summed E-state index contributed by atoms with van der Waals surface area (Å²) >= 11 is 5.32. The van der Waals surface area contributed by atoms with Gasteiger partial charge in [0.2, 0.25) is 0 Å². The Morgan fingerprint density at radius 3 is 1.56 bits per heavy atom. The molecule has 7 aromatic carbocycles. The highest BCUT2D eigenvalue weighted by molar-refractivity contribution is 7.27. The lowest BCUT2D eigenvalue weighted by molar-refractivity contribution is 1.08. The van der Waals surface area contributed by atoms with E-state index < -0.39 is 0 Å². The van der Waals surface area contributed by atoms with Crippen LogP contribution in [0.5, 0.6) is 0 Å². The van der Waals surface area contributed by atoms with Crippen LogP contribution in [0.2, 0.25) is 0 Å². The minimum atomic E-state index is 0.639. The van der Waals surface area contributed by atoms with Crippen LogP contribution < -0.4 is 0 Å². The molecule has 5 aromatic heterocycles. The van der Waals surface area contributed by atoms with Gasteiger partial charge in [0, 0.05) is 78.2 Å². The Morgan fingerprint density at radius 1 is 0.316 bits per heavy atom. The fourth-order valence-corrected chi connectivity index (χ4v) is 11.4. The summed E-state index contributed by atoms with van der Waals surface area (Å²) in [5.74, 6) is 2.67. The molecule has 266 valence electrons. The lowest BCUT2D eigenvalue weighted by Crippen LogP contribution is -2.00. The van der Waals surface area contributed by atoms with Crippen molar-refractivity contribution in [2.75, 3.05) is 0 Å². The smallest absolute Gasteiger partial charge is 0.164 e. The van der Waals surface area contributed by atoms with Crippen LogP contribution in [-0.2, 0) is 0 Å². The molecule has 0 aliphatic carbocycles. The van der Waals surface area contributed by atoms with Crippen LogP contribution in [0.1, 0.15) is 0 Å². The largest absolute Gasteiger partial charge is 0.226 e. The van der Waals surface area contributed by atoms with Gasteiger partial charge in [-0.05, 0) is 30.3 Å². The first kappa shape index (κ1) is 32.5. The quantitative estimate of drug-likeness (QED) is 0.174. The van der Waals surface area contributed by atoms with Crippen molar-refractivity contribution in [2.24, 2.45) is 0 Å². The number of rotatable bonds is 5. The van der Waals surface area contributed by atoms with Crippen molar-refractivity contribution >= 4 is 94.7 Å². The van der Waals surface area contributed by atoms with Crippen LogP contribution in [0, 0.1) is 0 Å². The maximum absolute atomic E-state index is 5.33. The van der Waals surface area contributed by atoms with E-state index >= 15 is 0 Å². The van der Waals surface area contributed by atoms with Crippen molar-refractivity contribution in [1.29, 1.82) is 0 Å². The summed E-state index contributed by atoms with van der Waals surface area (Å²) in [6, 6.07) is 57.2. The minimum absolute atomic E-state index is 0.639. The fourth-order valence-electron chi connectivity index (χ4n) is 7.96. The average molecular weight is 782 g/mol. The van der Waals surface area contributed by atoms with Gasteiger partial charge in [0.05, 0.1) is 15.9 Å². The first-order valence-electron chi connectivity index (χ1n) is 18.7. The maximum Gasteiger partial charge on any atom is 0.164 e. The first-order chi connectivity index (χ1) is 28.2. The molecule has 0 unspecified atom stereocenters. The third-order valence-electron chi connectivity index (χ3n) is 10.6. The Kier molecular flexibility index (Phi) is 7.38. The van der Waals surface area contributed by atoms with E-state index in [1.165, 1.54) is 29.6 Å². The van der Waals surface area contributed by atoms with E-state index in [1.54, 1.807) is 34.0 Å². The SMILES string of the molecule is c1ccc(-c2nc(-c3ccc4c(c3)sc3cccc(-c5nc(-c6ccccc6)c6sc7ccccc7c6n5)c34)nc(-c3cccc4sc5ccccc5c34)n2)cc1. The topological polar surface area (TPSA) is 64.5 Å². The van der Waals surface area contributed by atoms with Gasteiger partial charge >= 0.3 is 0 Å². The highest BCUT2D eigenvalue weighted by Crippen LogP contribution is 2.44. The Balaban J connectivity index is 1.05. The van der Waals surface area contributed by atoms with Gasteiger partial charge in [0.15, 0.2) is 23.3 Å². The highest BCUT2D eigenvalue weighted by atomic mass is 32.1. The molecule has 12 aromatic rings.